The van der Waals surface area contributed by atoms with Crippen LogP contribution < -0.4 is 10.1 Å². The Morgan fingerprint density at radius 2 is 1.63 bits per heavy atom. The standard InChI is InChI=1S/C11H13N.C9H11BrO.C4H6O3/c1-12-8-10-7-6-9-4-2-3-5-11(9)10;10-7-4-8-11-9-5-2-1-3-6-9;1-3(5)7-4(2)6/h2-7,10,12H,8H2,1H3;1-3,5-6H,4,7-8H2;1-2H3. The number of hydrogen-bond donors (Lipinski definition) is 1. The number of halogens is 1. The number of carbonyl (C=O) groups is 2. The van der Waals surface area contributed by atoms with Gasteiger partial charge in [-0.25, -0.2) is 0 Å². The third-order valence-corrected chi connectivity index (χ3v) is 4.47. The molecule has 3 rings (SSSR count). The summed E-state index contributed by atoms with van der Waals surface area (Å²) in [6.45, 7) is 4.19. The first-order chi connectivity index (χ1) is 14.5. The fourth-order valence-electron chi connectivity index (χ4n) is 2.69. The maximum atomic E-state index is 9.81. The van der Waals surface area contributed by atoms with E-state index in [1.165, 1.54) is 25.0 Å². The molecule has 30 heavy (non-hydrogen) atoms. The zero-order chi connectivity index (χ0) is 22.2. The lowest BCUT2D eigenvalue weighted by molar-refractivity contribution is -0.156. The van der Waals surface area contributed by atoms with Gasteiger partial charge in [-0.3, -0.25) is 9.59 Å². The van der Waals surface area contributed by atoms with Crippen LogP contribution in [-0.4, -0.2) is 37.5 Å². The summed E-state index contributed by atoms with van der Waals surface area (Å²) < 4.78 is 9.39. The molecule has 0 saturated carbocycles. The number of nitrogens with one attached hydrogen (secondary N) is 1. The van der Waals surface area contributed by atoms with Gasteiger partial charge in [-0.2, -0.15) is 0 Å². The van der Waals surface area contributed by atoms with E-state index in [0.717, 1.165) is 30.7 Å². The quantitative estimate of drug-likeness (QED) is 0.276. The minimum absolute atomic E-state index is 0.562. The molecular formula is C24H30BrNO4. The lowest BCUT2D eigenvalue weighted by Crippen LogP contribution is -2.14. The number of carbonyl (C=O) groups excluding carboxylic acids is 2. The van der Waals surface area contributed by atoms with Crippen molar-refractivity contribution in [3.8, 4) is 5.75 Å². The maximum Gasteiger partial charge on any atom is 0.310 e. The molecule has 0 aliphatic heterocycles. The molecule has 5 nitrogen and oxygen atoms in total. The Hall–Kier alpha value is -2.44. The largest absolute Gasteiger partial charge is 0.494 e. The van der Waals surface area contributed by atoms with Crippen LogP contribution in [0.3, 0.4) is 0 Å². The number of hydrogen-bond acceptors (Lipinski definition) is 5. The van der Waals surface area contributed by atoms with Crippen LogP contribution in [0.4, 0.5) is 0 Å². The van der Waals surface area contributed by atoms with E-state index in [1.54, 1.807) is 0 Å². The van der Waals surface area contributed by atoms with Crippen LogP contribution in [0.1, 0.15) is 37.3 Å². The minimum Gasteiger partial charge on any atom is -0.494 e. The molecule has 2 aromatic rings. The van der Waals surface area contributed by atoms with Crippen molar-refractivity contribution in [1.29, 1.82) is 0 Å². The normalized spacial score (nSPS) is 13.1. The van der Waals surface area contributed by atoms with Crippen LogP contribution in [0, 0.1) is 0 Å². The Bertz CT molecular complexity index is 781. The van der Waals surface area contributed by atoms with E-state index in [-0.39, 0.29) is 0 Å². The van der Waals surface area contributed by atoms with Crippen molar-refractivity contribution in [1.82, 2.24) is 5.32 Å². The van der Waals surface area contributed by atoms with E-state index in [9.17, 15) is 9.59 Å². The SMILES string of the molecule is BrCCCOc1ccccc1.CC(=O)OC(C)=O.CNCC1C=Cc2ccccc21. The van der Waals surface area contributed by atoms with Gasteiger partial charge in [0.1, 0.15) is 5.75 Å². The fraction of sp³-hybridized carbons (Fsp3) is 0.333. The minimum atomic E-state index is -0.562. The summed E-state index contributed by atoms with van der Waals surface area (Å²) in [5.41, 5.74) is 2.82. The van der Waals surface area contributed by atoms with Crippen LogP contribution in [0.2, 0.25) is 0 Å². The molecule has 0 spiro atoms. The zero-order valence-electron chi connectivity index (χ0n) is 17.8. The van der Waals surface area contributed by atoms with Crippen molar-refractivity contribution in [3.05, 3.63) is 71.8 Å². The molecule has 1 unspecified atom stereocenters. The van der Waals surface area contributed by atoms with E-state index >= 15 is 0 Å². The summed E-state index contributed by atoms with van der Waals surface area (Å²) in [5.74, 6) is 0.402. The Morgan fingerprint density at radius 3 is 2.20 bits per heavy atom. The monoisotopic (exact) mass is 475 g/mol. The van der Waals surface area contributed by atoms with Gasteiger partial charge in [-0.05, 0) is 36.7 Å². The number of ether oxygens (including phenoxy) is 2. The van der Waals surface area contributed by atoms with E-state index < -0.39 is 11.9 Å². The molecule has 1 atom stereocenters. The molecule has 0 saturated heterocycles. The second kappa shape index (κ2) is 15.4. The molecule has 0 radical (unpaired) electrons. The van der Waals surface area contributed by atoms with Crippen molar-refractivity contribution >= 4 is 33.9 Å². The van der Waals surface area contributed by atoms with Crippen LogP contribution in [0.25, 0.3) is 6.08 Å². The van der Waals surface area contributed by atoms with Crippen molar-refractivity contribution in [2.45, 2.75) is 26.2 Å². The van der Waals surface area contributed by atoms with Crippen molar-refractivity contribution in [2.24, 2.45) is 0 Å². The van der Waals surface area contributed by atoms with Gasteiger partial charge in [-0.1, -0.05) is 70.5 Å². The van der Waals surface area contributed by atoms with Gasteiger partial charge in [0.05, 0.1) is 6.61 Å². The van der Waals surface area contributed by atoms with Crippen molar-refractivity contribution < 1.29 is 19.1 Å². The molecule has 0 bridgehead atoms. The summed E-state index contributed by atoms with van der Waals surface area (Å²) >= 11 is 3.34. The molecule has 6 heteroatoms. The molecular weight excluding hydrogens is 446 g/mol. The highest BCUT2D eigenvalue weighted by Gasteiger charge is 2.14. The Labute approximate surface area is 187 Å². The van der Waals surface area contributed by atoms with Gasteiger partial charge < -0.3 is 14.8 Å². The molecule has 0 aromatic heterocycles. The van der Waals surface area contributed by atoms with Crippen molar-refractivity contribution in [3.63, 3.8) is 0 Å². The van der Waals surface area contributed by atoms with Gasteiger partial charge in [0, 0.05) is 31.6 Å². The van der Waals surface area contributed by atoms with Gasteiger partial charge in [0.25, 0.3) is 0 Å². The van der Waals surface area contributed by atoms with Gasteiger partial charge in [0.15, 0.2) is 0 Å². The predicted molar refractivity (Wildman–Crippen MR) is 125 cm³/mol. The summed E-state index contributed by atoms with van der Waals surface area (Å²) in [6, 6.07) is 18.4. The summed E-state index contributed by atoms with van der Waals surface area (Å²) in [7, 11) is 1.99. The average molecular weight is 476 g/mol. The molecule has 162 valence electrons. The summed E-state index contributed by atoms with van der Waals surface area (Å²) in [4.78, 5) is 19.6. The Balaban J connectivity index is 0.000000234. The van der Waals surface area contributed by atoms with E-state index in [0.29, 0.717) is 5.92 Å². The van der Waals surface area contributed by atoms with Gasteiger partial charge in [-0.15, -0.1) is 0 Å². The molecule has 0 fully saturated rings. The second-order valence-corrected chi connectivity index (χ2v) is 7.23. The number of likely N-dealkylation sites (N-methyl/N-ethyl adjacent to an activating group) is 1. The summed E-state index contributed by atoms with van der Waals surface area (Å²) in [6.07, 6.45) is 5.52. The first kappa shape index (κ1) is 25.6. The highest BCUT2D eigenvalue weighted by atomic mass is 79.9. The van der Waals surface area contributed by atoms with E-state index in [1.807, 2.05) is 37.4 Å². The Morgan fingerprint density at radius 1 is 1.00 bits per heavy atom. The lowest BCUT2D eigenvalue weighted by Gasteiger charge is -2.08. The first-order valence-electron chi connectivity index (χ1n) is 9.82. The van der Waals surface area contributed by atoms with Crippen LogP contribution >= 0.6 is 15.9 Å². The Kier molecular flexibility index (Phi) is 13.1. The van der Waals surface area contributed by atoms with Gasteiger partial charge >= 0.3 is 11.9 Å². The lowest BCUT2D eigenvalue weighted by atomic mass is 10.0. The topological polar surface area (TPSA) is 64.6 Å². The predicted octanol–water partition coefficient (Wildman–Crippen LogP) is 4.96. The maximum absolute atomic E-state index is 9.81. The molecule has 2 aromatic carbocycles. The molecule has 1 aliphatic rings. The number of alkyl halides is 1. The molecule has 0 amide bonds. The van der Waals surface area contributed by atoms with Gasteiger partial charge in [0.2, 0.25) is 0 Å². The van der Waals surface area contributed by atoms with Crippen LogP contribution in [0.15, 0.2) is 60.7 Å². The molecule has 0 heterocycles. The first-order valence-corrected chi connectivity index (χ1v) is 10.9. The molecule has 1 N–H and O–H groups in total. The van der Waals surface area contributed by atoms with Crippen LogP contribution in [0.5, 0.6) is 5.75 Å². The summed E-state index contributed by atoms with van der Waals surface area (Å²) in [5, 5.41) is 4.20. The second-order valence-electron chi connectivity index (χ2n) is 6.44. The number of benzene rings is 2. The molecule has 1 aliphatic carbocycles. The highest BCUT2D eigenvalue weighted by Crippen LogP contribution is 2.28. The van der Waals surface area contributed by atoms with Crippen LogP contribution in [-0.2, 0) is 14.3 Å². The zero-order valence-corrected chi connectivity index (χ0v) is 19.4. The highest BCUT2D eigenvalue weighted by molar-refractivity contribution is 9.09. The third kappa shape index (κ3) is 10.9. The number of rotatable bonds is 6. The van der Waals surface area contributed by atoms with Crippen molar-refractivity contribution in [2.75, 3.05) is 25.5 Å². The average Bonchev–Trinajstić information content (AvgIpc) is 3.13. The fourth-order valence-corrected chi connectivity index (χ4v) is 2.91. The number of para-hydroxylation sites is 1. The smallest absolute Gasteiger partial charge is 0.310 e. The van der Waals surface area contributed by atoms with E-state index in [2.05, 4.69) is 62.4 Å². The third-order valence-electron chi connectivity index (χ3n) is 3.90. The number of esters is 2. The van der Waals surface area contributed by atoms with E-state index in [4.69, 9.17) is 4.74 Å². The number of fused-ring (bicyclic) bond motifs is 1.